The summed E-state index contributed by atoms with van der Waals surface area (Å²) in [5.41, 5.74) is 5.59. The SMILES string of the molecule is Cn1nnnc1NC1CC1N. The highest BCUT2D eigenvalue weighted by Gasteiger charge is 2.34. The number of aryl methyl sites for hydroxylation is 1. The second kappa shape index (κ2) is 2.16. The molecule has 0 spiro atoms. The second-order valence-electron chi connectivity index (χ2n) is 2.78. The molecule has 0 aliphatic heterocycles. The summed E-state index contributed by atoms with van der Waals surface area (Å²) >= 11 is 0. The normalized spacial score (nSPS) is 28.5. The highest BCUT2D eigenvalue weighted by molar-refractivity contribution is 5.28. The zero-order valence-electron chi connectivity index (χ0n) is 6.23. The number of hydrogen-bond donors (Lipinski definition) is 2. The van der Waals surface area contributed by atoms with Crippen molar-refractivity contribution in [2.24, 2.45) is 12.8 Å². The highest BCUT2D eigenvalue weighted by Crippen LogP contribution is 2.21. The summed E-state index contributed by atoms with van der Waals surface area (Å²) in [4.78, 5) is 0. The van der Waals surface area contributed by atoms with Crippen LogP contribution < -0.4 is 11.1 Å². The monoisotopic (exact) mass is 154 g/mol. The molecule has 2 rings (SSSR count). The van der Waals surface area contributed by atoms with Gasteiger partial charge in [-0.2, -0.15) is 0 Å². The minimum Gasteiger partial charge on any atom is -0.349 e. The van der Waals surface area contributed by atoms with Gasteiger partial charge in [-0.15, -0.1) is 0 Å². The van der Waals surface area contributed by atoms with E-state index in [9.17, 15) is 0 Å². The minimum atomic E-state index is 0.270. The molecule has 1 saturated carbocycles. The summed E-state index contributed by atoms with van der Waals surface area (Å²) in [6.07, 6.45) is 1.01. The standard InChI is InChI=1S/C5H10N6/c1-11-5(8-9-10-11)7-4-2-3(4)6/h3-4H,2,6H2,1H3,(H,7,8,10). The molecule has 1 aromatic heterocycles. The van der Waals surface area contributed by atoms with Gasteiger partial charge in [0.15, 0.2) is 0 Å². The van der Waals surface area contributed by atoms with Gasteiger partial charge in [0.1, 0.15) is 0 Å². The molecule has 0 amide bonds. The van der Waals surface area contributed by atoms with Crippen LogP contribution in [0.3, 0.4) is 0 Å². The van der Waals surface area contributed by atoms with Crippen molar-refractivity contribution in [2.75, 3.05) is 5.32 Å². The lowest BCUT2D eigenvalue weighted by Crippen LogP contribution is -2.15. The van der Waals surface area contributed by atoms with Gasteiger partial charge in [-0.3, -0.25) is 0 Å². The quantitative estimate of drug-likeness (QED) is 0.554. The van der Waals surface area contributed by atoms with Crippen molar-refractivity contribution in [1.82, 2.24) is 20.2 Å². The van der Waals surface area contributed by atoms with Gasteiger partial charge in [0, 0.05) is 19.1 Å². The molecule has 1 heterocycles. The average molecular weight is 154 g/mol. The Morgan fingerprint density at radius 1 is 1.73 bits per heavy atom. The van der Waals surface area contributed by atoms with Gasteiger partial charge in [0.25, 0.3) is 0 Å². The van der Waals surface area contributed by atoms with Gasteiger partial charge in [0.05, 0.1) is 0 Å². The molecule has 0 radical (unpaired) electrons. The summed E-state index contributed by atoms with van der Waals surface area (Å²) in [6.45, 7) is 0. The van der Waals surface area contributed by atoms with Crippen molar-refractivity contribution in [3.05, 3.63) is 0 Å². The molecule has 1 fully saturated rings. The maximum atomic E-state index is 5.59. The number of anilines is 1. The third kappa shape index (κ3) is 1.16. The summed E-state index contributed by atoms with van der Waals surface area (Å²) in [5, 5.41) is 14.0. The van der Waals surface area contributed by atoms with Crippen molar-refractivity contribution in [3.8, 4) is 0 Å². The molecule has 11 heavy (non-hydrogen) atoms. The van der Waals surface area contributed by atoms with Gasteiger partial charge in [-0.25, -0.2) is 4.68 Å². The molecular formula is C5H10N6. The summed E-state index contributed by atoms with van der Waals surface area (Å²) in [7, 11) is 1.79. The lowest BCUT2D eigenvalue weighted by Gasteiger charge is -1.99. The van der Waals surface area contributed by atoms with Crippen molar-refractivity contribution in [2.45, 2.75) is 18.5 Å². The number of nitrogens with two attached hydrogens (primary N) is 1. The third-order valence-corrected chi connectivity index (χ3v) is 1.77. The molecule has 0 bridgehead atoms. The van der Waals surface area contributed by atoms with Gasteiger partial charge < -0.3 is 11.1 Å². The summed E-state index contributed by atoms with van der Waals surface area (Å²) < 4.78 is 1.59. The lowest BCUT2D eigenvalue weighted by molar-refractivity contribution is 0.711. The number of tetrazole rings is 1. The second-order valence-corrected chi connectivity index (χ2v) is 2.78. The van der Waals surface area contributed by atoms with E-state index in [1.165, 1.54) is 0 Å². The molecule has 3 N–H and O–H groups in total. The van der Waals surface area contributed by atoms with Crippen molar-refractivity contribution < 1.29 is 0 Å². The van der Waals surface area contributed by atoms with E-state index in [-0.39, 0.29) is 6.04 Å². The first-order chi connectivity index (χ1) is 5.27. The molecule has 6 heteroatoms. The van der Waals surface area contributed by atoms with E-state index < -0.39 is 0 Å². The maximum Gasteiger partial charge on any atom is 0.242 e. The molecule has 2 unspecified atom stereocenters. The van der Waals surface area contributed by atoms with Crippen molar-refractivity contribution in [3.63, 3.8) is 0 Å². The number of aromatic nitrogens is 4. The predicted octanol–water partition coefficient (Wildman–Crippen LogP) is -1.28. The first-order valence-corrected chi connectivity index (χ1v) is 3.52. The number of hydrogen-bond acceptors (Lipinski definition) is 5. The van der Waals surface area contributed by atoms with E-state index in [0.29, 0.717) is 12.0 Å². The molecule has 6 nitrogen and oxygen atoms in total. The van der Waals surface area contributed by atoms with E-state index in [1.807, 2.05) is 0 Å². The Morgan fingerprint density at radius 3 is 2.91 bits per heavy atom. The van der Waals surface area contributed by atoms with Crippen LogP contribution in [-0.2, 0) is 7.05 Å². The molecule has 0 aromatic carbocycles. The average Bonchev–Trinajstić information content (AvgIpc) is 2.48. The van der Waals surface area contributed by atoms with Gasteiger partial charge in [-0.1, -0.05) is 5.10 Å². The van der Waals surface area contributed by atoms with Crippen LogP contribution in [0.15, 0.2) is 0 Å². The molecule has 1 aliphatic rings. The van der Waals surface area contributed by atoms with Crippen LogP contribution in [0.1, 0.15) is 6.42 Å². The Labute approximate surface area is 63.8 Å². The number of nitrogens with one attached hydrogen (secondary N) is 1. The maximum absolute atomic E-state index is 5.59. The zero-order chi connectivity index (χ0) is 7.84. The first kappa shape index (κ1) is 6.53. The summed E-state index contributed by atoms with van der Waals surface area (Å²) in [5.74, 6) is 0.683. The predicted molar refractivity (Wildman–Crippen MR) is 38.8 cm³/mol. The van der Waals surface area contributed by atoms with Crippen LogP contribution in [0.2, 0.25) is 0 Å². The molecule has 1 aliphatic carbocycles. The molecule has 1 aromatic rings. The fourth-order valence-corrected chi connectivity index (χ4v) is 0.898. The molecule has 60 valence electrons. The Morgan fingerprint density at radius 2 is 2.45 bits per heavy atom. The fraction of sp³-hybridized carbons (Fsp3) is 0.800. The first-order valence-electron chi connectivity index (χ1n) is 3.52. The smallest absolute Gasteiger partial charge is 0.242 e. The van der Waals surface area contributed by atoms with Crippen LogP contribution in [0.5, 0.6) is 0 Å². The van der Waals surface area contributed by atoms with Crippen LogP contribution in [0.4, 0.5) is 5.95 Å². The molecular weight excluding hydrogens is 144 g/mol. The summed E-state index contributed by atoms with van der Waals surface area (Å²) in [6, 6.07) is 0.631. The van der Waals surface area contributed by atoms with Crippen molar-refractivity contribution >= 4 is 5.95 Å². The number of rotatable bonds is 2. The fourth-order valence-electron chi connectivity index (χ4n) is 0.898. The van der Waals surface area contributed by atoms with E-state index in [2.05, 4.69) is 20.8 Å². The van der Waals surface area contributed by atoms with Crippen molar-refractivity contribution in [1.29, 1.82) is 0 Å². The van der Waals surface area contributed by atoms with Crippen LogP contribution in [0, 0.1) is 0 Å². The van der Waals surface area contributed by atoms with Gasteiger partial charge in [0.2, 0.25) is 5.95 Å². The highest BCUT2D eigenvalue weighted by atomic mass is 15.6. The molecule has 0 saturated heterocycles. The Balaban J connectivity index is 2.01. The Bertz CT molecular complexity index is 255. The van der Waals surface area contributed by atoms with E-state index >= 15 is 0 Å². The Hall–Kier alpha value is -1.17. The van der Waals surface area contributed by atoms with Gasteiger partial charge >= 0.3 is 0 Å². The minimum absolute atomic E-state index is 0.270. The van der Waals surface area contributed by atoms with E-state index in [4.69, 9.17) is 5.73 Å². The van der Waals surface area contributed by atoms with E-state index in [0.717, 1.165) is 6.42 Å². The van der Waals surface area contributed by atoms with Gasteiger partial charge in [-0.05, 0) is 16.8 Å². The van der Waals surface area contributed by atoms with Crippen LogP contribution in [-0.4, -0.2) is 32.3 Å². The third-order valence-electron chi connectivity index (χ3n) is 1.77. The van der Waals surface area contributed by atoms with Crippen LogP contribution in [0.25, 0.3) is 0 Å². The topological polar surface area (TPSA) is 81.7 Å². The van der Waals surface area contributed by atoms with Crippen LogP contribution >= 0.6 is 0 Å². The van der Waals surface area contributed by atoms with E-state index in [1.54, 1.807) is 11.7 Å². The lowest BCUT2D eigenvalue weighted by atomic mass is 10.6. The zero-order valence-corrected chi connectivity index (χ0v) is 6.23. The largest absolute Gasteiger partial charge is 0.349 e. The molecule has 2 atom stereocenters. The number of nitrogens with zero attached hydrogens (tertiary/aromatic N) is 4. The Kier molecular flexibility index (Phi) is 1.28.